The van der Waals surface area contributed by atoms with Gasteiger partial charge in [0.05, 0.1) is 6.61 Å². The fourth-order valence-corrected chi connectivity index (χ4v) is 1.13. The molecular weight excluding hydrogens is 190 g/mol. The summed E-state index contributed by atoms with van der Waals surface area (Å²) in [6.45, 7) is 4.20. The van der Waals surface area contributed by atoms with Gasteiger partial charge in [-0.3, -0.25) is 0 Å². The molecule has 84 valence electrons. The topological polar surface area (TPSA) is 44.5 Å². The van der Waals surface area contributed by atoms with Crippen LogP contribution in [0.2, 0.25) is 0 Å². The van der Waals surface area contributed by atoms with Crippen LogP contribution in [0.4, 0.5) is 5.69 Å². The first-order valence-electron chi connectivity index (χ1n) is 5.39. The van der Waals surface area contributed by atoms with Crippen LogP contribution in [-0.4, -0.2) is 19.8 Å². The molecule has 1 aromatic rings. The Morgan fingerprint density at radius 1 is 1.07 bits per heavy atom. The molecule has 0 atom stereocenters. The van der Waals surface area contributed by atoms with Crippen molar-refractivity contribution in [3.8, 4) is 5.75 Å². The molecule has 0 aliphatic carbocycles. The molecule has 0 aliphatic rings. The van der Waals surface area contributed by atoms with Crippen LogP contribution < -0.4 is 10.5 Å². The molecule has 1 aromatic carbocycles. The summed E-state index contributed by atoms with van der Waals surface area (Å²) in [7, 11) is 0. The third-order valence-corrected chi connectivity index (χ3v) is 2.02. The van der Waals surface area contributed by atoms with Gasteiger partial charge in [-0.1, -0.05) is 13.3 Å². The predicted octanol–water partition coefficient (Wildman–Crippen LogP) is 2.46. The van der Waals surface area contributed by atoms with Crippen LogP contribution in [0.25, 0.3) is 0 Å². The van der Waals surface area contributed by atoms with Gasteiger partial charge in [-0.15, -0.1) is 0 Å². The van der Waals surface area contributed by atoms with Crippen molar-refractivity contribution in [2.24, 2.45) is 0 Å². The van der Waals surface area contributed by atoms with E-state index in [-0.39, 0.29) is 0 Å². The molecule has 1 rings (SSSR count). The Morgan fingerprint density at radius 2 is 1.80 bits per heavy atom. The fourth-order valence-electron chi connectivity index (χ4n) is 1.13. The summed E-state index contributed by atoms with van der Waals surface area (Å²) in [6, 6.07) is 7.38. The molecule has 0 bridgehead atoms. The van der Waals surface area contributed by atoms with Crippen molar-refractivity contribution in [3.63, 3.8) is 0 Å². The highest BCUT2D eigenvalue weighted by molar-refractivity contribution is 5.41. The quantitative estimate of drug-likeness (QED) is 0.554. The Bertz CT molecular complexity index is 259. The van der Waals surface area contributed by atoms with Gasteiger partial charge in [-0.2, -0.15) is 0 Å². The van der Waals surface area contributed by atoms with E-state index >= 15 is 0 Å². The number of hydrogen-bond donors (Lipinski definition) is 1. The maximum atomic E-state index is 5.56. The second-order valence-electron chi connectivity index (χ2n) is 3.38. The molecular formula is C12H19NO2. The molecule has 0 amide bonds. The number of rotatable bonds is 7. The molecule has 15 heavy (non-hydrogen) atoms. The van der Waals surface area contributed by atoms with Gasteiger partial charge < -0.3 is 15.2 Å². The van der Waals surface area contributed by atoms with Crippen LogP contribution in [0.3, 0.4) is 0 Å². The average molecular weight is 209 g/mol. The minimum Gasteiger partial charge on any atom is -0.491 e. The van der Waals surface area contributed by atoms with E-state index in [1.54, 1.807) is 0 Å². The second-order valence-corrected chi connectivity index (χ2v) is 3.38. The molecule has 0 unspecified atom stereocenters. The Balaban J connectivity index is 2.07. The standard InChI is InChI=1S/C12H19NO2/c1-2-3-8-14-9-10-15-12-6-4-11(13)5-7-12/h4-7H,2-3,8-10,13H2,1H3. The highest BCUT2D eigenvalue weighted by atomic mass is 16.5. The molecule has 0 radical (unpaired) electrons. The van der Waals surface area contributed by atoms with Gasteiger partial charge in [-0.25, -0.2) is 0 Å². The maximum absolute atomic E-state index is 5.56. The van der Waals surface area contributed by atoms with Crippen molar-refractivity contribution in [1.29, 1.82) is 0 Å². The first-order valence-corrected chi connectivity index (χ1v) is 5.39. The second kappa shape index (κ2) is 7.12. The van der Waals surface area contributed by atoms with Crippen molar-refractivity contribution >= 4 is 5.69 Å². The SMILES string of the molecule is CCCCOCCOc1ccc(N)cc1. The van der Waals surface area contributed by atoms with E-state index in [1.807, 2.05) is 24.3 Å². The van der Waals surface area contributed by atoms with Crippen molar-refractivity contribution in [3.05, 3.63) is 24.3 Å². The zero-order valence-corrected chi connectivity index (χ0v) is 9.24. The van der Waals surface area contributed by atoms with E-state index < -0.39 is 0 Å². The number of unbranched alkanes of at least 4 members (excludes halogenated alkanes) is 1. The Morgan fingerprint density at radius 3 is 2.47 bits per heavy atom. The van der Waals surface area contributed by atoms with Crippen LogP contribution >= 0.6 is 0 Å². The number of anilines is 1. The number of hydrogen-bond acceptors (Lipinski definition) is 3. The summed E-state index contributed by atoms with van der Waals surface area (Å²) in [4.78, 5) is 0. The molecule has 0 fully saturated rings. The van der Waals surface area contributed by atoms with Crippen LogP contribution in [-0.2, 0) is 4.74 Å². The fraction of sp³-hybridized carbons (Fsp3) is 0.500. The van der Waals surface area contributed by atoms with Crippen LogP contribution in [0.1, 0.15) is 19.8 Å². The largest absolute Gasteiger partial charge is 0.491 e. The molecule has 0 aromatic heterocycles. The summed E-state index contributed by atoms with van der Waals surface area (Å²) in [6.07, 6.45) is 2.28. The number of nitrogens with two attached hydrogens (primary N) is 1. The predicted molar refractivity (Wildman–Crippen MR) is 62.1 cm³/mol. The van der Waals surface area contributed by atoms with Gasteiger partial charge in [0, 0.05) is 12.3 Å². The Hall–Kier alpha value is -1.22. The smallest absolute Gasteiger partial charge is 0.119 e. The number of ether oxygens (including phenoxy) is 2. The lowest BCUT2D eigenvalue weighted by molar-refractivity contribution is 0.0981. The minimum absolute atomic E-state index is 0.591. The molecule has 0 heterocycles. The van der Waals surface area contributed by atoms with Crippen LogP contribution in [0.5, 0.6) is 5.75 Å². The summed E-state index contributed by atoms with van der Waals surface area (Å²) in [5.41, 5.74) is 6.31. The van der Waals surface area contributed by atoms with Crippen LogP contribution in [0, 0.1) is 0 Å². The van der Waals surface area contributed by atoms with Crippen molar-refractivity contribution in [1.82, 2.24) is 0 Å². The molecule has 2 N–H and O–H groups in total. The van der Waals surface area contributed by atoms with E-state index in [4.69, 9.17) is 15.2 Å². The molecule has 3 heteroatoms. The lowest BCUT2D eigenvalue weighted by atomic mass is 10.3. The van der Waals surface area contributed by atoms with Crippen molar-refractivity contribution in [2.45, 2.75) is 19.8 Å². The summed E-state index contributed by atoms with van der Waals surface area (Å²) < 4.78 is 10.8. The van der Waals surface area contributed by atoms with E-state index in [0.29, 0.717) is 13.2 Å². The lowest BCUT2D eigenvalue weighted by Gasteiger charge is -2.06. The number of benzene rings is 1. The summed E-state index contributed by atoms with van der Waals surface area (Å²) in [5.74, 6) is 0.836. The Kier molecular flexibility index (Phi) is 5.63. The highest BCUT2D eigenvalue weighted by Crippen LogP contribution is 2.12. The molecule has 3 nitrogen and oxygen atoms in total. The molecule has 0 spiro atoms. The highest BCUT2D eigenvalue weighted by Gasteiger charge is 1.93. The maximum Gasteiger partial charge on any atom is 0.119 e. The van der Waals surface area contributed by atoms with Crippen LogP contribution in [0.15, 0.2) is 24.3 Å². The van der Waals surface area contributed by atoms with E-state index in [2.05, 4.69) is 6.92 Å². The molecule has 0 aliphatic heterocycles. The van der Waals surface area contributed by atoms with E-state index in [9.17, 15) is 0 Å². The molecule has 0 saturated carbocycles. The van der Waals surface area contributed by atoms with E-state index in [1.165, 1.54) is 6.42 Å². The van der Waals surface area contributed by atoms with Crippen molar-refractivity contribution < 1.29 is 9.47 Å². The first kappa shape index (κ1) is 11.9. The third kappa shape index (κ3) is 5.27. The van der Waals surface area contributed by atoms with Gasteiger partial charge in [0.2, 0.25) is 0 Å². The summed E-state index contributed by atoms with van der Waals surface area (Å²) in [5, 5.41) is 0. The molecule has 0 saturated heterocycles. The first-order chi connectivity index (χ1) is 7.33. The normalized spacial score (nSPS) is 10.2. The van der Waals surface area contributed by atoms with Gasteiger partial charge in [0.15, 0.2) is 0 Å². The zero-order chi connectivity index (χ0) is 10.9. The van der Waals surface area contributed by atoms with Gasteiger partial charge >= 0.3 is 0 Å². The minimum atomic E-state index is 0.591. The van der Waals surface area contributed by atoms with Gasteiger partial charge in [0.1, 0.15) is 12.4 Å². The van der Waals surface area contributed by atoms with Gasteiger partial charge in [0.25, 0.3) is 0 Å². The summed E-state index contributed by atoms with van der Waals surface area (Å²) >= 11 is 0. The Labute approximate surface area is 91.2 Å². The van der Waals surface area contributed by atoms with Crippen molar-refractivity contribution in [2.75, 3.05) is 25.6 Å². The third-order valence-electron chi connectivity index (χ3n) is 2.02. The zero-order valence-electron chi connectivity index (χ0n) is 9.24. The number of nitrogen functional groups attached to an aromatic ring is 1. The van der Waals surface area contributed by atoms with Gasteiger partial charge in [-0.05, 0) is 30.7 Å². The average Bonchev–Trinajstić information content (AvgIpc) is 2.26. The van der Waals surface area contributed by atoms with E-state index in [0.717, 1.165) is 24.5 Å². The lowest BCUT2D eigenvalue weighted by Crippen LogP contribution is -2.07. The monoisotopic (exact) mass is 209 g/mol.